The van der Waals surface area contributed by atoms with Crippen LogP contribution in [0.3, 0.4) is 0 Å². The second-order valence-corrected chi connectivity index (χ2v) is 3.73. The summed E-state index contributed by atoms with van der Waals surface area (Å²) in [6, 6.07) is 1.56. The van der Waals surface area contributed by atoms with Crippen molar-refractivity contribution in [1.82, 2.24) is 0 Å². The van der Waals surface area contributed by atoms with Gasteiger partial charge in [-0.2, -0.15) is 0 Å². The number of fused-ring (bicyclic) bond motifs is 1. The fourth-order valence-corrected chi connectivity index (χ4v) is 1.83. The van der Waals surface area contributed by atoms with Crippen LogP contribution in [0.5, 0.6) is 11.5 Å². The smallest absolute Gasteiger partial charge is 0.168 e. The normalized spacial score (nSPS) is 14.2. The van der Waals surface area contributed by atoms with E-state index in [0.717, 1.165) is 0 Å². The SMILES string of the molecule is NCc1c(F)c(Br)cc2c1OCCO2. The zero-order valence-corrected chi connectivity index (χ0v) is 8.93. The molecule has 0 radical (unpaired) electrons. The largest absolute Gasteiger partial charge is 0.486 e. The average molecular weight is 262 g/mol. The highest BCUT2D eigenvalue weighted by Gasteiger charge is 2.21. The predicted molar refractivity (Wildman–Crippen MR) is 53.0 cm³/mol. The highest BCUT2D eigenvalue weighted by atomic mass is 79.9. The standard InChI is InChI=1S/C9H9BrFNO2/c10-6-3-7-9(14-2-1-13-7)5(4-12)8(6)11/h3H,1-2,4,12H2. The first-order valence-electron chi connectivity index (χ1n) is 4.20. The first kappa shape index (κ1) is 9.73. The first-order valence-corrected chi connectivity index (χ1v) is 5.00. The Balaban J connectivity index is 2.60. The molecular formula is C9H9BrFNO2. The number of rotatable bonds is 1. The van der Waals surface area contributed by atoms with Crippen molar-refractivity contribution >= 4 is 15.9 Å². The highest BCUT2D eigenvalue weighted by molar-refractivity contribution is 9.10. The number of ether oxygens (including phenoxy) is 2. The van der Waals surface area contributed by atoms with Crippen LogP contribution in [-0.2, 0) is 6.54 Å². The first-order chi connectivity index (χ1) is 6.74. The molecule has 0 saturated carbocycles. The van der Waals surface area contributed by atoms with E-state index in [1.165, 1.54) is 0 Å². The molecular weight excluding hydrogens is 253 g/mol. The third-order valence-corrected chi connectivity index (χ3v) is 2.60. The Morgan fingerprint density at radius 1 is 1.43 bits per heavy atom. The van der Waals surface area contributed by atoms with E-state index in [9.17, 15) is 4.39 Å². The number of benzene rings is 1. The molecule has 0 bridgehead atoms. The summed E-state index contributed by atoms with van der Waals surface area (Å²) < 4.78 is 24.5. The minimum absolute atomic E-state index is 0.0942. The number of nitrogens with two attached hydrogens (primary N) is 1. The molecule has 1 aromatic carbocycles. The number of hydrogen-bond acceptors (Lipinski definition) is 3. The van der Waals surface area contributed by atoms with Gasteiger partial charge in [0.2, 0.25) is 0 Å². The summed E-state index contributed by atoms with van der Waals surface area (Å²) >= 11 is 3.10. The Morgan fingerprint density at radius 3 is 2.86 bits per heavy atom. The minimum atomic E-state index is -0.378. The van der Waals surface area contributed by atoms with E-state index in [-0.39, 0.29) is 12.4 Å². The molecule has 0 saturated heterocycles. The maximum absolute atomic E-state index is 13.5. The maximum atomic E-state index is 13.5. The van der Waals surface area contributed by atoms with Gasteiger partial charge in [0, 0.05) is 18.2 Å². The van der Waals surface area contributed by atoms with Crippen molar-refractivity contribution < 1.29 is 13.9 Å². The Hall–Kier alpha value is -0.810. The van der Waals surface area contributed by atoms with Gasteiger partial charge in [-0.05, 0) is 15.9 Å². The van der Waals surface area contributed by atoms with E-state index in [1.54, 1.807) is 6.07 Å². The van der Waals surface area contributed by atoms with Crippen LogP contribution in [0.1, 0.15) is 5.56 Å². The fraction of sp³-hybridized carbons (Fsp3) is 0.333. The van der Waals surface area contributed by atoms with Crippen molar-refractivity contribution in [1.29, 1.82) is 0 Å². The molecule has 3 nitrogen and oxygen atoms in total. The molecule has 14 heavy (non-hydrogen) atoms. The molecule has 1 heterocycles. The summed E-state index contributed by atoms with van der Waals surface area (Å²) in [5.41, 5.74) is 5.80. The van der Waals surface area contributed by atoms with Crippen molar-refractivity contribution in [2.45, 2.75) is 6.54 Å². The van der Waals surface area contributed by atoms with E-state index in [2.05, 4.69) is 15.9 Å². The topological polar surface area (TPSA) is 44.5 Å². The molecule has 1 aliphatic heterocycles. The van der Waals surface area contributed by atoms with Gasteiger partial charge in [-0.3, -0.25) is 0 Å². The van der Waals surface area contributed by atoms with Gasteiger partial charge in [0.25, 0.3) is 0 Å². The van der Waals surface area contributed by atoms with Crippen LogP contribution in [0.2, 0.25) is 0 Å². The zero-order chi connectivity index (χ0) is 10.1. The fourth-order valence-electron chi connectivity index (χ4n) is 1.38. The molecule has 0 atom stereocenters. The lowest BCUT2D eigenvalue weighted by Crippen LogP contribution is -2.18. The lowest BCUT2D eigenvalue weighted by molar-refractivity contribution is 0.168. The molecule has 0 aromatic heterocycles. The molecule has 1 aliphatic rings. The summed E-state index contributed by atoms with van der Waals surface area (Å²) in [5, 5.41) is 0. The van der Waals surface area contributed by atoms with Gasteiger partial charge in [-0.15, -0.1) is 0 Å². The summed E-state index contributed by atoms with van der Waals surface area (Å²) in [4.78, 5) is 0. The van der Waals surface area contributed by atoms with Crippen LogP contribution in [0, 0.1) is 5.82 Å². The van der Waals surface area contributed by atoms with Gasteiger partial charge < -0.3 is 15.2 Å². The minimum Gasteiger partial charge on any atom is -0.486 e. The molecule has 76 valence electrons. The Bertz CT molecular complexity index is 370. The second kappa shape index (κ2) is 3.74. The summed E-state index contributed by atoms with van der Waals surface area (Å²) in [6.07, 6.45) is 0. The monoisotopic (exact) mass is 261 g/mol. The van der Waals surface area contributed by atoms with E-state index in [1.807, 2.05) is 0 Å². The molecule has 2 N–H and O–H groups in total. The molecule has 5 heteroatoms. The van der Waals surface area contributed by atoms with Crippen molar-refractivity contribution in [3.8, 4) is 11.5 Å². The highest BCUT2D eigenvalue weighted by Crippen LogP contribution is 2.38. The quantitative estimate of drug-likeness (QED) is 0.839. The number of hydrogen-bond donors (Lipinski definition) is 1. The van der Waals surface area contributed by atoms with Gasteiger partial charge in [0.1, 0.15) is 19.0 Å². The van der Waals surface area contributed by atoms with Crippen molar-refractivity contribution in [2.75, 3.05) is 13.2 Å². The molecule has 0 spiro atoms. The summed E-state index contributed by atoms with van der Waals surface area (Å²) in [6.45, 7) is 1.01. The van der Waals surface area contributed by atoms with Crippen LogP contribution in [0.25, 0.3) is 0 Å². The third-order valence-electron chi connectivity index (χ3n) is 2.02. The molecule has 2 rings (SSSR count). The van der Waals surface area contributed by atoms with Gasteiger partial charge in [-0.1, -0.05) is 0 Å². The van der Waals surface area contributed by atoms with Gasteiger partial charge in [0.15, 0.2) is 11.5 Å². The van der Waals surface area contributed by atoms with Crippen molar-refractivity contribution in [3.05, 3.63) is 21.9 Å². The van der Waals surface area contributed by atoms with E-state index >= 15 is 0 Å². The lowest BCUT2D eigenvalue weighted by atomic mass is 10.1. The van der Waals surface area contributed by atoms with Crippen LogP contribution < -0.4 is 15.2 Å². The van der Waals surface area contributed by atoms with Gasteiger partial charge >= 0.3 is 0 Å². The maximum Gasteiger partial charge on any atom is 0.168 e. The van der Waals surface area contributed by atoms with E-state index in [0.29, 0.717) is 34.7 Å². The Labute approximate surface area is 89.1 Å². The molecule has 0 unspecified atom stereocenters. The lowest BCUT2D eigenvalue weighted by Gasteiger charge is -2.21. The average Bonchev–Trinajstić information content (AvgIpc) is 2.20. The Kier molecular flexibility index (Phi) is 2.60. The predicted octanol–water partition coefficient (Wildman–Crippen LogP) is 1.82. The molecule has 0 amide bonds. The van der Waals surface area contributed by atoms with Gasteiger partial charge in [-0.25, -0.2) is 4.39 Å². The summed E-state index contributed by atoms with van der Waals surface area (Å²) in [5.74, 6) is 0.598. The third kappa shape index (κ3) is 1.46. The van der Waals surface area contributed by atoms with Crippen LogP contribution in [0.4, 0.5) is 4.39 Å². The summed E-state index contributed by atoms with van der Waals surface area (Å²) in [7, 11) is 0. The number of halogens is 2. The van der Waals surface area contributed by atoms with Crippen LogP contribution in [-0.4, -0.2) is 13.2 Å². The van der Waals surface area contributed by atoms with Crippen LogP contribution in [0.15, 0.2) is 10.5 Å². The van der Waals surface area contributed by atoms with E-state index in [4.69, 9.17) is 15.2 Å². The molecule has 0 fully saturated rings. The molecule has 0 aliphatic carbocycles. The molecule has 1 aromatic rings. The van der Waals surface area contributed by atoms with Crippen molar-refractivity contribution in [2.24, 2.45) is 5.73 Å². The van der Waals surface area contributed by atoms with E-state index < -0.39 is 0 Å². The van der Waals surface area contributed by atoms with Crippen molar-refractivity contribution in [3.63, 3.8) is 0 Å². The Morgan fingerprint density at radius 2 is 2.14 bits per heavy atom. The van der Waals surface area contributed by atoms with Gasteiger partial charge in [0.05, 0.1) is 4.47 Å². The second-order valence-electron chi connectivity index (χ2n) is 2.88. The van der Waals surface area contributed by atoms with Crippen LogP contribution >= 0.6 is 15.9 Å². The zero-order valence-electron chi connectivity index (χ0n) is 7.35.